The third-order valence-electron chi connectivity index (χ3n) is 5.35. The molecule has 2 aliphatic heterocycles. The van der Waals surface area contributed by atoms with Gasteiger partial charge in [-0.05, 0) is 23.8 Å². The normalized spacial score (nSPS) is 30.9. The fourth-order valence-corrected chi connectivity index (χ4v) is 3.93. The molecule has 0 aliphatic carbocycles. The molecule has 1 fully saturated rings. The number of hydrogen-bond donors (Lipinski definition) is 0. The summed E-state index contributed by atoms with van der Waals surface area (Å²) in [4.78, 5) is 24.7. The Bertz CT molecular complexity index is 972. The van der Waals surface area contributed by atoms with Crippen LogP contribution in [0.25, 0.3) is 6.08 Å². The van der Waals surface area contributed by atoms with Gasteiger partial charge in [0.25, 0.3) is 5.79 Å². The van der Waals surface area contributed by atoms with Crippen LogP contribution in [0.3, 0.4) is 0 Å². The summed E-state index contributed by atoms with van der Waals surface area (Å²) in [6.07, 6.45) is 2.04. The van der Waals surface area contributed by atoms with Gasteiger partial charge in [0.05, 0.1) is 5.56 Å². The minimum Gasteiger partial charge on any atom is -0.454 e. The topological polar surface area (TPSA) is 61.8 Å². The Labute approximate surface area is 168 Å². The van der Waals surface area contributed by atoms with Crippen LogP contribution in [0.2, 0.25) is 0 Å². The summed E-state index contributed by atoms with van der Waals surface area (Å²) in [7, 11) is 0. The Balaban J connectivity index is 1.85. The lowest BCUT2D eigenvalue weighted by atomic mass is 9.72. The largest absolute Gasteiger partial charge is 0.454 e. The highest BCUT2D eigenvalue weighted by molar-refractivity contribution is 6.07. The van der Waals surface area contributed by atoms with Gasteiger partial charge in [0, 0.05) is 19.3 Å². The summed E-state index contributed by atoms with van der Waals surface area (Å²) < 4.78 is 33.6. The van der Waals surface area contributed by atoms with Crippen molar-refractivity contribution < 1.29 is 28.2 Å². The number of hydrogen-bond acceptors (Lipinski definition) is 5. The van der Waals surface area contributed by atoms with E-state index >= 15 is 4.39 Å². The number of carbonyl (C=O) groups excluding carboxylic acids is 2. The maximum absolute atomic E-state index is 16.6. The molecule has 4 rings (SSSR count). The van der Waals surface area contributed by atoms with Gasteiger partial charge in [0.2, 0.25) is 17.7 Å². The van der Waals surface area contributed by atoms with E-state index < -0.39 is 35.4 Å². The maximum atomic E-state index is 16.6. The van der Waals surface area contributed by atoms with Crippen LogP contribution in [-0.2, 0) is 14.3 Å². The summed E-state index contributed by atoms with van der Waals surface area (Å²) in [6, 6.07) is 15.7. The monoisotopic (exact) mass is 396 g/mol. The number of ether oxygens (including phenoxy) is 3. The number of ketones is 1. The van der Waals surface area contributed by atoms with E-state index in [1.54, 1.807) is 31.2 Å². The number of benzene rings is 2. The molecule has 0 radical (unpaired) electrons. The summed E-state index contributed by atoms with van der Waals surface area (Å²) in [5.74, 6) is -3.92. The van der Waals surface area contributed by atoms with E-state index in [-0.39, 0.29) is 17.7 Å². The smallest absolute Gasteiger partial charge is 0.304 e. The molecule has 4 atom stereocenters. The third kappa shape index (κ3) is 3.13. The van der Waals surface area contributed by atoms with Gasteiger partial charge in [-0.2, -0.15) is 0 Å². The molecule has 6 heteroatoms. The first-order chi connectivity index (χ1) is 13.9. The van der Waals surface area contributed by atoms with Crippen LogP contribution in [0.4, 0.5) is 4.39 Å². The van der Waals surface area contributed by atoms with Gasteiger partial charge in [-0.25, -0.2) is 4.39 Å². The zero-order valence-corrected chi connectivity index (χ0v) is 16.1. The first-order valence-corrected chi connectivity index (χ1v) is 9.47. The summed E-state index contributed by atoms with van der Waals surface area (Å²) in [6.45, 7) is 2.85. The van der Waals surface area contributed by atoms with Crippen LogP contribution in [0.1, 0.15) is 36.2 Å². The van der Waals surface area contributed by atoms with Gasteiger partial charge in [-0.3, -0.25) is 14.3 Å². The Morgan fingerprint density at radius 2 is 1.86 bits per heavy atom. The van der Waals surface area contributed by atoms with Crippen molar-refractivity contribution in [3.8, 4) is 5.75 Å². The SMILES string of the molecule is CC(=O)O[C@H]1C[C@@H](C)[C@]2(F)C(=O)c3ccccc3O[C@]2(/C=C/c2ccccc2)O1. The van der Waals surface area contributed by atoms with E-state index in [4.69, 9.17) is 14.2 Å². The first-order valence-electron chi connectivity index (χ1n) is 9.47. The van der Waals surface area contributed by atoms with Gasteiger partial charge >= 0.3 is 5.97 Å². The lowest BCUT2D eigenvalue weighted by Gasteiger charge is -2.52. The molecule has 2 aromatic carbocycles. The molecule has 0 N–H and O–H groups in total. The molecule has 150 valence electrons. The predicted molar refractivity (Wildman–Crippen MR) is 104 cm³/mol. The summed E-state index contributed by atoms with van der Waals surface area (Å²) in [5.41, 5.74) is -1.53. The van der Waals surface area contributed by atoms with Crippen molar-refractivity contribution in [3.05, 3.63) is 71.8 Å². The van der Waals surface area contributed by atoms with Crippen molar-refractivity contribution in [1.82, 2.24) is 0 Å². The maximum Gasteiger partial charge on any atom is 0.304 e. The predicted octanol–water partition coefficient (Wildman–Crippen LogP) is 4.33. The minimum atomic E-state index is -2.48. The van der Waals surface area contributed by atoms with Gasteiger partial charge in [-0.1, -0.05) is 55.5 Å². The summed E-state index contributed by atoms with van der Waals surface area (Å²) >= 11 is 0. The van der Waals surface area contributed by atoms with Crippen LogP contribution in [0, 0.1) is 5.92 Å². The highest BCUT2D eigenvalue weighted by atomic mass is 19.1. The Morgan fingerprint density at radius 1 is 1.17 bits per heavy atom. The quantitative estimate of drug-likeness (QED) is 0.723. The number of Topliss-reactive ketones (excluding diaryl/α,β-unsaturated/α-hetero) is 1. The van der Waals surface area contributed by atoms with Gasteiger partial charge in [-0.15, -0.1) is 0 Å². The second-order valence-corrected chi connectivity index (χ2v) is 7.34. The van der Waals surface area contributed by atoms with E-state index in [0.717, 1.165) is 5.56 Å². The van der Waals surface area contributed by atoms with Crippen molar-refractivity contribution in [2.24, 2.45) is 5.92 Å². The van der Waals surface area contributed by atoms with Crippen molar-refractivity contribution in [3.63, 3.8) is 0 Å². The zero-order valence-electron chi connectivity index (χ0n) is 16.1. The molecule has 0 amide bonds. The molecule has 0 spiro atoms. The third-order valence-corrected chi connectivity index (χ3v) is 5.35. The molecular formula is C23H21FO5. The number of carbonyl (C=O) groups is 2. The Hall–Kier alpha value is -2.99. The molecule has 29 heavy (non-hydrogen) atoms. The molecule has 0 aromatic heterocycles. The van der Waals surface area contributed by atoms with Gasteiger partial charge in [0.1, 0.15) is 5.75 Å². The second kappa shape index (κ2) is 7.12. The second-order valence-electron chi connectivity index (χ2n) is 7.34. The van der Waals surface area contributed by atoms with Gasteiger partial charge in [0.15, 0.2) is 0 Å². The van der Waals surface area contributed by atoms with Crippen molar-refractivity contribution in [1.29, 1.82) is 0 Å². The van der Waals surface area contributed by atoms with Crippen LogP contribution in [0.15, 0.2) is 60.7 Å². The number of halogens is 1. The highest BCUT2D eigenvalue weighted by Crippen LogP contribution is 2.52. The zero-order chi connectivity index (χ0) is 20.6. The van der Waals surface area contributed by atoms with E-state index in [1.807, 2.05) is 30.3 Å². The van der Waals surface area contributed by atoms with E-state index in [1.165, 1.54) is 19.1 Å². The number of para-hydroxylation sites is 1. The summed E-state index contributed by atoms with van der Waals surface area (Å²) in [5, 5.41) is 0. The molecule has 2 aliphatic rings. The van der Waals surface area contributed by atoms with Crippen LogP contribution in [0.5, 0.6) is 5.75 Å². The fourth-order valence-electron chi connectivity index (χ4n) is 3.93. The number of fused-ring (bicyclic) bond motifs is 2. The number of rotatable bonds is 3. The van der Waals surface area contributed by atoms with Crippen molar-refractivity contribution in [2.45, 2.75) is 38.0 Å². The standard InChI is InChI=1S/C23H21FO5/c1-15-14-20(27-16(2)25)29-22(13-12-17-8-4-3-5-9-17)23(15,24)21(26)18-10-6-7-11-19(18)28-22/h3-13,15,20H,14H2,1-2H3/b13-12+/t15-,20-,22-,23+/m1/s1. The van der Waals surface area contributed by atoms with Crippen LogP contribution in [-0.4, -0.2) is 29.5 Å². The number of esters is 1. The average molecular weight is 396 g/mol. The lowest BCUT2D eigenvalue weighted by molar-refractivity contribution is -0.325. The van der Waals surface area contributed by atoms with E-state index in [0.29, 0.717) is 0 Å². The van der Waals surface area contributed by atoms with Crippen molar-refractivity contribution >= 4 is 17.8 Å². The Kier molecular flexibility index (Phi) is 4.74. The lowest BCUT2D eigenvalue weighted by Crippen LogP contribution is -2.69. The molecule has 0 unspecified atom stereocenters. The van der Waals surface area contributed by atoms with Gasteiger partial charge < -0.3 is 9.47 Å². The highest BCUT2D eigenvalue weighted by Gasteiger charge is 2.69. The average Bonchev–Trinajstić information content (AvgIpc) is 2.70. The van der Waals surface area contributed by atoms with Crippen LogP contribution >= 0.6 is 0 Å². The van der Waals surface area contributed by atoms with Crippen LogP contribution < -0.4 is 4.74 Å². The fraction of sp³-hybridized carbons (Fsp3) is 0.304. The molecule has 2 heterocycles. The molecule has 0 saturated carbocycles. The minimum absolute atomic E-state index is 0.0360. The number of alkyl halides is 1. The van der Waals surface area contributed by atoms with E-state index in [9.17, 15) is 9.59 Å². The molecule has 0 bridgehead atoms. The molecule has 2 aromatic rings. The molecule has 5 nitrogen and oxygen atoms in total. The molecule has 1 saturated heterocycles. The Morgan fingerprint density at radius 3 is 2.59 bits per heavy atom. The van der Waals surface area contributed by atoms with Crippen molar-refractivity contribution in [2.75, 3.05) is 0 Å². The van der Waals surface area contributed by atoms with E-state index in [2.05, 4.69) is 0 Å². The molecular weight excluding hydrogens is 375 g/mol. The first kappa shape index (κ1) is 19.3.